The van der Waals surface area contributed by atoms with Crippen molar-refractivity contribution in [2.24, 2.45) is 0 Å². The van der Waals surface area contributed by atoms with Gasteiger partial charge in [0.1, 0.15) is 6.61 Å². The van der Waals surface area contributed by atoms with Crippen LogP contribution in [-0.4, -0.2) is 46.2 Å². The zero-order chi connectivity index (χ0) is 19.8. The first-order valence-corrected chi connectivity index (χ1v) is 9.60. The second-order valence-corrected chi connectivity index (χ2v) is 7.25. The van der Waals surface area contributed by atoms with Crippen LogP contribution in [0.3, 0.4) is 0 Å². The summed E-state index contributed by atoms with van der Waals surface area (Å²) in [6.07, 6.45) is 0. The first kappa shape index (κ1) is 21.2. The number of ether oxygens (including phenoxy) is 2. The van der Waals surface area contributed by atoms with Crippen LogP contribution in [0.5, 0.6) is 5.75 Å². The maximum absolute atomic E-state index is 13.8. The monoisotopic (exact) mass is 396 g/mol. The predicted molar refractivity (Wildman–Crippen MR) is 101 cm³/mol. The average molecular weight is 396 g/mol. The Kier molecular flexibility index (Phi) is 8.05. The molecule has 2 aromatic rings. The largest absolute Gasteiger partial charge is 0.483 e. The summed E-state index contributed by atoms with van der Waals surface area (Å²) >= 11 is 1.31. The van der Waals surface area contributed by atoms with Crippen molar-refractivity contribution in [3.63, 3.8) is 0 Å². The van der Waals surface area contributed by atoms with Crippen LogP contribution in [0.15, 0.2) is 29.4 Å². The number of benzene rings is 1. The summed E-state index contributed by atoms with van der Waals surface area (Å²) in [5.74, 6) is 0.179. The van der Waals surface area contributed by atoms with Gasteiger partial charge in [0.25, 0.3) is 0 Å². The number of aromatic nitrogens is 3. The van der Waals surface area contributed by atoms with Crippen LogP contribution in [0.1, 0.15) is 32.6 Å². The molecule has 7 nitrogen and oxygen atoms in total. The van der Waals surface area contributed by atoms with Crippen molar-refractivity contribution in [3.8, 4) is 5.75 Å². The molecule has 0 spiro atoms. The van der Waals surface area contributed by atoms with E-state index in [0.29, 0.717) is 24.1 Å². The van der Waals surface area contributed by atoms with Crippen molar-refractivity contribution in [1.29, 1.82) is 0 Å². The van der Waals surface area contributed by atoms with Gasteiger partial charge in [0.05, 0.1) is 17.9 Å². The highest BCUT2D eigenvalue weighted by atomic mass is 32.2. The van der Waals surface area contributed by atoms with Gasteiger partial charge in [-0.05, 0) is 32.9 Å². The zero-order valence-corrected chi connectivity index (χ0v) is 16.8. The first-order chi connectivity index (χ1) is 13.0. The summed E-state index contributed by atoms with van der Waals surface area (Å²) in [4.78, 5) is 12.0. The SMILES string of the molecule is CCNC(=O)[C@@H](C)Sc1nnc(COc2ccccc2F)n1[C@@H](C)COC. The van der Waals surface area contributed by atoms with Crippen LogP contribution in [0.4, 0.5) is 4.39 Å². The summed E-state index contributed by atoms with van der Waals surface area (Å²) < 4.78 is 26.5. The molecule has 0 aliphatic rings. The number of amides is 1. The third-order valence-electron chi connectivity index (χ3n) is 3.78. The van der Waals surface area contributed by atoms with Crippen molar-refractivity contribution in [1.82, 2.24) is 20.1 Å². The fourth-order valence-corrected chi connectivity index (χ4v) is 3.47. The second-order valence-electron chi connectivity index (χ2n) is 5.95. The van der Waals surface area contributed by atoms with E-state index in [4.69, 9.17) is 9.47 Å². The summed E-state index contributed by atoms with van der Waals surface area (Å²) in [5.41, 5.74) is 0. The Morgan fingerprint density at radius 1 is 1.33 bits per heavy atom. The molecule has 1 heterocycles. The van der Waals surface area contributed by atoms with Crippen LogP contribution in [-0.2, 0) is 16.1 Å². The fraction of sp³-hybridized carbons (Fsp3) is 0.500. The first-order valence-electron chi connectivity index (χ1n) is 8.72. The Morgan fingerprint density at radius 2 is 2.07 bits per heavy atom. The van der Waals surface area contributed by atoms with Gasteiger partial charge in [-0.3, -0.25) is 9.36 Å². The molecule has 1 N–H and O–H groups in total. The lowest BCUT2D eigenvalue weighted by atomic mass is 10.3. The molecular formula is C18H25FN4O3S. The lowest BCUT2D eigenvalue weighted by Crippen LogP contribution is -2.31. The number of methoxy groups -OCH3 is 1. The summed E-state index contributed by atoms with van der Waals surface area (Å²) in [5, 5.41) is 11.4. The molecule has 2 rings (SSSR count). The van der Waals surface area contributed by atoms with E-state index >= 15 is 0 Å². The maximum Gasteiger partial charge on any atom is 0.233 e. The molecule has 27 heavy (non-hydrogen) atoms. The third-order valence-corrected chi connectivity index (χ3v) is 4.84. The number of nitrogens with zero attached hydrogens (tertiary/aromatic N) is 3. The molecule has 1 aromatic carbocycles. The van der Waals surface area contributed by atoms with Gasteiger partial charge in [-0.15, -0.1) is 10.2 Å². The quantitative estimate of drug-likeness (QED) is 0.622. The maximum atomic E-state index is 13.8. The van der Waals surface area contributed by atoms with Crippen molar-refractivity contribution >= 4 is 17.7 Å². The molecule has 0 saturated heterocycles. The number of thioether (sulfide) groups is 1. The smallest absolute Gasteiger partial charge is 0.233 e. The molecular weight excluding hydrogens is 371 g/mol. The van der Waals surface area contributed by atoms with Gasteiger partial charge in [-0.1, -0.05) is 23.9 Å². The number of nitrogens with one attached hydrogen (secondary N) is 1. The number of rotatable bonds is 10. The normalized spacial score (nSPS) is 13.2. The molecule has 0 aliphatic heterocycles. The van der Waals surface area contributed by atoms with E-state index in [1.54, 1.807) is 25.3 Å². The topological polar surface area (TPSA) is 78.3 Å². The molecule has 0 aliphatic carbocycles. The molecule has 1 aromatic heterocycles. The number of carbonyl (C=O) groups is 1. The lowest BCUT2D eigenvalue weighted by molar-refractivity contribution is -0.120. The molecule has 0 unspecified atom stereocenters. The predicted octanol–water partition coefficient (Wildman–Crippen LogP) is 2.82. The molecule has 2 atom stereocenters. The second kappa shape index (κ2) is 10.3. The number of para-hydroxylation sites is 1. The molecule has 9 heteroatoms. The van der Waals surface area contributed by atoms with E-state index in [0.717, 1.165) is 0 Å². The minimum atomic E-state index is -0.437. The third kappa shape index (κ3) is 5.67. The van der Waals surface area contributed by atoms with Crippen LogP contribution >= 0.6 is 11.8 Å². The number of halogens is 1. The zero-order valence-electron chi connectivity index (χ0n) is 15.9. The number of hydrogen-bond donors (Lipinski definition) is 1. The van der Waals surface area contributed by atoms with Gasteiger partial charge >= 0.3 is 0 Å². The Morgan fingerprint density at radius 3 is 2.74 bits per heavy atom. The van der Waals surface area contributed by atoms with Crippen molar-refractivity contribution in [2.45, 2.75) is 43.8 Å². The molecule has 148 valence electrons. The number of carbonyl (C=O) groups excluding carboxylic acids is 1. The number of hydrogen-bond acceptors (Lipinski definition) is 6. The highest BCUT2D eigenvalue weighted by Gasteiger charge is 2.23. The minimum Gasteiger partial charge on any atom is -0.483 e. The fourth-order valence-electron chi connectivity index (χ4n) is 2.48. The van der Waals surface area contributed by atoms with Gasteiger partial charge in [-0.2, -0.15) is 0 Å². The Labute approximate surface area is 162 Å². The molecule has 0 radical (unpaired) electrons. The van der Waals surface area contributed by atoms with Crippen molar-refractivity contribution in [2.75, 3.05) is 20.3 Å². The highest BCUT2D eigenvalue weighted by molar-refractivity contribution is 8.00. The van der Waals surface area contributed by atoms with Crippen molar-refractivity contribution < 1.29 is 18.7 Å². The standard InChI is InChI=1S/C18H25FN4O3S/c1-5-20-17(24)13(3)27-18-22-21-16(23(18)12(2)10-25-4)11-26-15-9-7-6-8-14(15)19/h6-9,12-13H,5,10-11H2,1-4H3,(H,20,24)/t12-,13+/m0/s1. The van der Waals surface area contributed by atoms with Crippen LogP contribution in [0, 0.1) is 5.82 Å². The lowest BCUT2D eigenvalue weighted by Gasteiger charge is -2.18. The van der Waals surface area contributed by atoms with Gasteiger partial charge in [0.15, 0.2) is 22.5 Å². The van der Waals surface area contributed by atoms with E-state index in [9.17, 15) is 9.18 Å². The van der Waals surface area contributed by atoms with Crippen LogP contribution in [0.25, 0.3) is 0 Å². The van der Waals surface area contributed by atoms with E-state index in [-0.39, 0.29) is 29.6 Å². The van der Waals surface area contributed by atoms with Gasteiger partial charge < -0.3 is 14.8 Å². The van der Waals surface area contributed by atoms with E-state index in [1.165, 1.54) is 17.8 Å². The van der Waals surface area contributed by atoms with Crippen molar-refractivity contribution in [3.05, 3.63) is 35.9 Å². The summed E-state index contributed by atoms with van der Waals surface area (Å²) in [6, 6.07) is 6.12. The van der Waals surface area contributed by atoms with Crippen LogP contribution in [0.2, 0.25) is 0 Å². The van der Waals surface area contributed by atoms with Gasteiger partial charge in [-0.25, -0.2) is 4.39 Å². The molecule has 1 amide bonds. The Hall–Kier alpha value is -2.13. The highest BCUT2D eigenvalue weighted by Crippen LogP contribution is 2.27. The summed E-state index contributed by atoms with van der Waals surface area (Å²) in [6.45, 7) is 6.70. The van der Waals surface area contributed by atoms with Gasteiger partial charge in [0.2, 0.25) is 5.91 Å². The summed E-state index contributed by atoms with van der Waals surface area (Å²) in [7, 11) is 1.61. The van der Waals surface area contributed by atoms with Crippen LogP contribution < -0.4 is 10.1 Å². The molecule has 0 bridgehead atoms. The van der Waals surface area contributed by atoms with E-state index in [1.807, 2.05) is 25.3 Å². The Balaban J connectivity index is 2.20. The molecule has 0 fully saturated rings. The average Bonchev–Trinajstić information content (AvgIpc) is 3.04. The Bertz CT molecular complexity index is 756. The van der Waals surface area contributed by atoms with E-state index in [2.05, 4.69) is 15.5 Å². The van der Waals surface area contributed by atoms with Gasteiger partial charge in [0, 0.05) is 13.7 Å². The van der Waals surface area contributed by atoms with E-state index < -0.39 is 5.82 Å². The molecule has 0 saturated carbocycles. The minimum absolute atomic E-state index is 0.0537.